The Morgan fingerprint density at radius 1 is 1.40 bits per heavy atom. The van der Waals surface area contributed by atoms with E-state index < -0.39 is 18.0 Å². The van der Waals surface area contributed by atoms with Crippen molar-refractivity contribution < 1.29 is 19.7 Å². The Morgan fingerprint density at radius 2 is 2.00 bits per heavy atom. The fourth-order valence-corrected chi connectivity index (χ4v) is 1.45. The van der Waals surface area contributed by atoms with Gasteiger partial charge in [-0.05, 0) is 24.6 Å². The molecule has 15 heavy (non-hydrogen) atoms. The van der Waals surface area contributed by atoms with E-state index in [-0.39, 0.29) is 17.2 Å². The van der Waals surface area contributed by atoms with Crippen molar-refractivity contribution in [2.45, 2.75) is 19.1 Å². The summed E-state index contributed by atoms with van der Waals surface area (Å²) >= 11 is 5.34. The van der Waals surface area contributed by atoms with Gasteiger partial charge >= 0.3 is 0 Å². The van der Waals surface area contributed by atoms with Crippen LogP contribution < -0.4 is 0 Å². The van der Waals surface area contributed by atoms with Crippen LogP contribution in [0.4, 0.5) is 4.39 Å². The van der Waals surface area contributed by atoms with Gasteiger partial charge in [-0.15, -0.1) is 11.6 Å². The molecule has 3 N–H and O–H groups in total. The summed E-state index contributed by atoms with van der Waals surface area (Å²) in [7, 11) is 0. The van der Waals surface area contributed by atoms with Gasteiger partial charge in [0.25, 0.3) is 0 Å². The second kappa shape index (κ2) is 4.79. The lowest BCUT2D eigenvalue weighted by Crippen LogP contribution is -2.20. The van der Waals surface area contributed by atoms with Crippen LogP contribution in [0.1, 0.15) is 17.2 Å². The lowest BCUT2D eigenvalue weighted by Gasteiger charge is -2.17. The second-order valence-electron chi connectivity index (χ2n) is 3.33. The van der Waals surface area contributed by atoms with Crippen LogP contribution in [-0.4, -0.2) is 27.3 Å². The molecule has 0 aliphatic heterocycles. The molecule has 2 atom stereocenters. The van der Waals surface area contributed by atoms with Crippen molar-refractivity contribution in [1.29, 1.82) is 0 Å². The van der Waals surface area contributed by atoms with E-state index in [1.54, 1.807) is 0 Å². The van der Waals surface area contributed by atoms with Crippen LogP contribution in [0, 0.1) is 12.7 Å². The highest BCUT2D eigenvalue weighted by Gasteiger charge is 2.22. The number of aliphatic hydroxyl groups excluding tert-OH is 2. The molecule has 0 fully saturated rings. The predicted octanol–water partition coefficient (Wildman–Crippen LogP) is 1.47. The highest BCUT2D eigenvalue weighted by Crippen LogP contribution is 2.30. The molecule has 2 unspecified atom stereocenters. The Balaban J connectivity index is 3.13. The Bertz CT molecular complexity index is 357. The lowest BCUT2D eigenvalue weighted by atomic mass is 10.0. The number of aromatic hydroxyl groups is 1. The third kappa shape index (κ3) is 2.59. The first-order chi connectivity index (χ1) is 6.97. The summed E-state index contributed by atoms with van der Waals surface area (Å²) in [4.78, 5) is 0. The molecule has 0 aliphatic carbocycles. The Labute approximate surface area is 91.7 Å². The molecule has 0 aliphatic rings. The fraction of sp³-hybridized carbons (Fsp3) is 0.400. The lowest BCUT2D eigenvalue weighted by molar-refractivity contribution is 0.0310. The summed E-state index contributed by atoms with van der Waals surface area (Å²) in [5.74, 6) is -1.01. The zero-order valence-corrected chi connectivity index (χ0v) is 8.87. The van der Waals surface area contributed by atoms with E-state index in [1.165, 1.54) is 6.92 Å². The molecular weight excluding hydrogens is 223 g/mol. The van der Waals surface area contributed by atoms with Gasteiger partial charge in [-0.3, -0.25) is 0 Å². The number of aryl methyl sites for hydroxylation is 1. The molecule has 1 aromatic carbocycles. The van der Waals surface area contributed by atoms with E-state index in [0.29, 0.717) is 5.56 Å². The van der Waals surface area contributed by atoms with Gasteiger partial charge in [0.15, 0.2) is 0 Å². The number of phenols is 1. The van der Waals surface area contributed by atoms with Crippen LogP contribution in [-0.2, 0) is 0 Å². The van der Waals surface area contributed by atoms with Crippen molar-refractivity contribution >= 4 is 11.6 Å². The number of aliphatic hydroxyl groups is 2. The van der Waals surface area contributed by atoms with E-state index in [4.69, 9.17) is 11.6 Å². The number of rotatable bonds is 3. The summed E-state index contributed by atoms with van der Waals surface area (Å²) in [6.45, 7) is 1.50. The van der Waals surface area contributed by atoms with Crippen LogP contribution in [0.2, 0.25) is 0 Å². The molecule has 1 rings (SSSR count). The molecule has 5 heteroatoms. The number of hydrogen-bond acceptors (Lipinski definition) is 3. The van der Waals surface area contributed by atoms with Gasteiger partial charge in [-0.1, -0.05) is 0 Å². The Hall–Kier alpha value is -0.840. The SMILES string of the molecule is Cc1cc(F)cc(C(O)C(O)CCl)c1O. The van der Waals surface area contributed by atoms with Gasteiger partial charge in [0.1, 0.15) is 17.7 Å². The van der Waals surface area contributed by atoms with Crippen molar-refractivity contribution in [2.24, 2.45) is 0 Å². The standard InChI is InChI=1S/C10H12ClFO3/c1-5-2-6(12)3-7(9(5)14)10(15)8(13)4-11/h2-3,8,10,13-15H,4H2,1H3. The van der Waals surface area contributed by atoms with E-state index >= 15 is 0 Å². The van der Waals surface area contributed by atoms with Crippen molar-refractivity contribution in [3.8, 4) is 5.75 Å². The summed E-state index contributed by atoms with van der Waals surface area (Å²) in [5.41, 5.74) is 0.242. The van der Waals surface area contributed by atoms with Crippen LogP contribution in [0.3, 0.4) is 0 Å². The van der Waals surface area contributed by atoms with E-state index in [9.17, 15) is 19.7 Å². The maximum absolute atomic E-state index is 13.0. The summed E-state index contributed by atoms with van der Waals surface area (Å²) in [5, 5.41) is 28.4. The number of phenolic OH excluding ortho intramolecular Hbond substituents is 1. The molecule has 3 nitrogen and oxygen atoms in total. The first kappa shape index (κ1) is 12.2. The number of benzene rings is 1. The van der Waals surface area contributed by atoms with E-state index in [0.717, 1.165) is 12.1 Å². The molecule has 0 heterocycles. The molecule has 0 saturated heterocycles. The summed E-state index contributed by atoms with van der Waals surface area (Å²) in [6, 6.07) is 2.11. The van der Waals surface area contributed by atoms with Gasteiger partial charge < -0.3 is 15.3 Å². The first-order valence-corrected chi connectivity index (χ1v) is 4.92. The van der Waals surface area contributed by atoms with Crippen LogP contribution in [0.5, 0.6) is 5.75 Å². The van der Waals surface area contributed by atoms with Gasteiger partial charge in [-0.2, -0.15) is 0 Å². The molecule has 0 saturated carbocycles. The smallest absolute Gasteiger partial charge is 0.124 e. The zero-order valence-electron chi connectivity index (χ0n) is 8.11. The topological polar surface area (TPSA) is 60.7 Å². The quantitative estimate of drug-likeness (QED) is 0.695. The average molecular weight is 235 g/mol. The summed E-state index contributed by atoms with van der Waals surface area (Å²) in [6.07, 6.45) is -2.63. The van der Waals surface area contributed by atoms with Crippen LogP contribution >= 0.6 is 11.6 Å². The Kier molecular flexibility index (Phi) is 3.90. The maximum Gasteiger partial charge on any atom is 0.124 e. The van der Waals surface area contributed by atoms with Gasteiger partial charge in [0, 0.05) is 5.56 Å². The highest BCUT2D eigenvalue weighted by atomic mass is 35.5. The predicted molar refractivity (Wildman–Crippen MR) is 54.5 cm³/mol. The fourth-order valence-electron chi connectivity index (χ4n) is 1.28. The van der Waals surface area contributed by atoms with Crippen molar-refractivity contribution in [3.63, 3.8) is 0 Å². The largest absolute Gasteiger partial charge is 0.507 e. The molecule has 84 valence electrons. The highest BCUT2D eigenvalue weighted by molar-refractivity contribution is 6.18. The molecule has 0 radical (unpaired) electrons. The molecular formula is C10H12ClFO3. The van der Waals surface area contributed by atoms with E-state index in [1.807, 2.05) is 0 Å². The second-order valence-corrected chi connectivity index (χ2v) is 3.64. The van der Waals surface area contributed by atoms with Gasteiger partial charge in [0.2, 0.25) is 0 Å². The van der Waals surface area contributed by atoms with Crippen molar-refractivity contribution in [3.05, 3.63) is 29.1 Å². The molecule has 0 spiro atoms. The van der Waals surface area contributed by atoms with Crippen LogP contribution in [0.15, 0.2) is 12.1 Å². The third-order valence-electron chi connectivity index (χ3n) is 2.14. The monoisotopic (exact) mass is 234 g/mol. The summed E-state index contributed by atoms with van der Waals surface area (Å²) < 4.78 is 13.0. The zero-order chi connectivity index (χ0) is 11.6. The molecule has 0 bridgehead atoms. The Morgan fingerprint density at radius 3 is 2.53 bits per heavy atom. The van der Waals surface area contributed by atoms with Gasteiger partial charge in [-0.25, -0.2) is 4.39 Å². The first-order valence-electron chi connectivity index (χ1n) is 4.38. The minimum absolute atomic E-state index is 0.0550. The van der Waals surface area contributed by atoms with E-state index in [2.05, 4.69) is 0 Å². The van der Waals surface area contributed by atoms with Gasteiger partial charge in [0.05, 0.1) is 12.0 Å². The van der Waals surface area contributed by atoms with Crippen LogP contribution in [0.25, 0.3) is 0 Å². The number of halogens is 2. The average Bonchev–Trinajstić information content (AvgIpc) is 2.21. The minimum Gasteiger partial charge on any atom is -0.507 e. The molecule has 0 aromatic heterocycles. The number of hydrogen-bond donors (Lipinski definition) is 3. The molecule has 0 amide bonds. The maximum atomic E-state index is 13.0. The molecule has 1 aromatic rings. The third-order valence-corrected chi connectivity index (χ3v) is 2.45. The number of alkyl halides is 1. The van der Waals surface area contributed by atoms with Crippen molar-refractivity contribution in [1.82, 2.24) is 0 Å². The minimum atomic E-state index is -1.39. The van der Waals surface area contributed by atoms with Crippen molar-refractivity contribution in [2.75, 3.05) is 5.88 Å². The normalized spacial score (nSPS) is 15.0.